The highest BCUT2D eigenvalue weighted by atomic mass is 32.1. The molecule has 1 N–H and O–H groups in total. The predicted molar refractivity (Wildman–Crippen MR) is 78.2 cm³/mol. The second-order valence-corrected chi connectivity index (χ2v) is 5.64. The van der Waals surface area contributed by atoms with Gasteiger partial charge in [0, 0.05) is 24.0 Å². The average Bonchev–Trinajstić information content (AvgIpc) is 2.80. The molecule has 1 aromatic carbocycles. The van der Waals surface area contributed by atoms with Gasteiger partial charge in [0.2, 0.25) is 0 Å². The van der Waals surface area contributed by atoms with E-state index in [1.54, 1.807) is 11.3 Å². The van der Waals surface area contributed by atoms with Crippen LogP contribution < -0.4 is 5.32 Å². The molecule has 2 aromatic rings. The standard InChI is InChI=1S/C15H20N2S/c1-4-16-14(10-15-17-5-6-18-15)13-8-11(2)7-12(3)9-13/h5-9,14,16H,4,10H2,1-3H3. The van der Waals surface area contributed by atoms with Gasteiger partial charge in [-0.1, -0.05) is 36.2 Å². The number of thiazole rings is 1. The number of aryl methyl sites for hydroxylation is 2. The average molecular weight is 260 g/mol. The van der Waals surface area contributed by atoms with E-state index in [0.717, 1.165) is 13.0 Å². The Balaban J connectivity index is 2.23. The van der Waals surface area contributed by atoms with Gasteiger partial charge in [-0.25, -0.2) is 4.98 Å². The van der Waals surface area contributed by atoms with Crippen molar-refractivity contribution in [3.8, 4) is 0 Å². The van der Waals surface area contributed by atoms with Crippen LogP contribution in [0.4, 0.5) is 0 Å². The molecule has 1 atom stereocenters. The predicted octanol–water partition coefficient (Wildman–Crippen LogP) is 3.65. The normalized spacial score (nSPS) is 12.6. The van der Waals surface area contributed by atoms with Crippen LogP contribution in [0.25, 0.3) is 0 Å². The number of nitrogens with one attached hydrogen (secondary N) is 1. The molecule has 0 aliphatic rings. The molecule has 96 valence electrons. The first-order chi connectivity index (χ1) is 8.69. The summed E-state index contributed by atoms with van der Waals surface area (Å²) in [6.45, 7) is 7.44. The van der Waals surface area contributed by atoms with Crippen LogP contribution in [0.5, 0.6) is 0 Å². The van der Waals surface area contributed by atoms with Crippen molar-refractivity contribution in [2.45, 2.75) is 33.2 Å². The molecule has 0 aliphatic heterocycles. The van der Waals surface area contributed by atoms with Gasteiger partial charge in [0.05, 0.1) is 5.01 Å². The zero-order chi connectivity index (χ0) is 13.0. The first kappa shape index (κ1) is 13.2. The second kappa shape index (κ2) is 6.12. The zero-order valence-electron chi connectivity index (χ0n) is 11.2. The molecule has 18 heavy (non-hydrogen) atoms. The Morgan fingerprint density at radius 2 is 1.94 bits per heavy atom. The van der Waals surface area contributed by atoms with Gasteiger partial charge in [-0.3, -0.25) is 0 Å². The summed E-state index contributed by atoms with van der Waals surface area (Å²) in [4.78, 5) is 4.39. The molecule has 1 aromatic heterocycles. The van der Waals surface area contributed by atoms with Crippen molar-refractivity contribution in [3.05, 3.63) is 51.5 Å². The first-order valence-corrected chi connectivity index (χ1v) is 7.27. The van der Waals surface area contributed by atoms with Crippen LogP contribution in [-0.2, 0) is 6.42 Å². The lowest BCUT2D eigenvalue weighted by atomic mass is 9.99. The van der Waals surface area contributed by atoms with Crippen molar-refractivity contribution in [1.82, 2.24) is 10.3 Å². The summed E-state index contributed by atoms with van der Waals surface area (Å²) in [5, 5.41) is 6.79. The van der Waals surface area contributed by atoms with Crippen LogP contribution in [0.2, 0.25) is 0 Å². The van der Waals surface area contributed by atoms with E-state index in [1.807, 2.05) is 11.6 Å². The smallest absolute Gasteiger partial charge is 0.0943 e. The van der Waals surface area contributed by atoms with E-state index in [1.165, 1.54) is 21.7 Å². The van der Waals surface area contributed by atoms with Gasteiger partial charge < -0.3 is 5.32 Å². The van der Waals surface area contributed by atoms with Crippen molar-refractivity contribution >= 4 is 11.3 Å². The second-order valence-electron chi connectivity index (χ2n) is 4.66. The van der Waals surface area contributed by atoms with E-state index >= 15 is 0 Å². The number of likely N-dealkylation sites (N-methyl/N-ethyl adjacent to an activating group) is 1. The fraction of sp³-hybridized carbons (Fsp3) is 0.400. The lowest BCUT2D eigenvalue weighted by Crippen LogP contribution is -2.23. The molecule has 3 heteroatoms. The van der Waals surface area contributed by atoms with E-state index in [9.17, 15) is 0 Å². The maximum absolute atomic E-state index is 4.39. The summed E-state index contributed by atoms with van der Waals surface area (Å²) in [6.07, 6.45) is 2.85. The molecule has 0 aliphatic carbocycles. The third-order valence-corrected chi connectivity index (χ3v) is 3.76. The SMILES string of the molecule is CCNC(Cc1nccs1)c1cc(C)cc(C)c1. The van der Waals surface area contributed by atoms with E-state index < -0.39 is 0 Å². The van der Waals surface area contributed by atoms with E-state index in [0.29, 0.717) is 6.04 Å². The fourth-order valence-corrected chi connectivity index (χ4v) is 2.96. The van der Waals surface area contributed by atoms with Gasteiger partial charge in [-0.05, 0) is 26.0 Å². The lowest BCUT2D eigenvalue weighted by Gasteiger charge is -2.18. The highest BCUT2D eigenvalue weighted by molar-refractivity contribution is 7.09. The number of rotatable bonds is 5. The summed E-state index contributed by atoms with van der Waals surface area (Å²) in [5.74, 6) is 0. The van der Waals surface area contributed by atoms with Crippen molar-refractivity contribution in [2.75, 3.05) is 6.54 Å². The Labute approximate surface area is 113 Å². The van der Waals surface area contributed by atoms with Crippen LogP contribution in [0, 0.1) is 13.8 Å². The van der Waals surface area contributed by atoms with Crippen molar-refractivity contribution in [2.24, 2.45) is 0 Å². The molecule has 1 unspecified atom stereocenters. The minimum absolute atomic E-state index is 0.361. The maximum atomic E-state index is 4.39. The lowest BCUT2D eigenvalue weighted by molar-refractivity contribution is 0.548. The summed E-state index contributed by atoms with van der Waals surface area (Å²) in [7, 11) is 0. The topological polar surface area (TPSA) is 24.9 Å². The van der Waals surface area contributed by atoms with Gasteiger partial charge in [0.25, 0.3) is 0 Å². The summed E-state index contributed by atoms with van der Waals surface area (Å²) in [5.41, 5.74) is 4.02. The monoisotopic (exact) mass is 260 g/mol. The number of hydrogen-bond acceptors (Lipinski definition) is 3. The quantitative estimate of drug-likeness (QED) is 0.887. The molecule has 0 radical (unpaired) electrons. The Kier molecular flexibility index (Phi) is 4.50. The van der Waals surface area contributed by atoms with Crippen LogP contribution in [0.1, 0.15) is 34.7 Å². The number of aromatic nitrogens is 1. The summed E-state index contributed by atoms with van der Waals surface area (Å²) in [6, 6.07) is 7.12. The van der Waals surface area contributed by atoms with E-state index in [-0.39, 0.29) is 0 Å². The Morgan fingerprint density at radius 1 is 1.22 bits per heavy atom. The largest absolute Gasteiger partial charge is 0.310 e. The van der Waals surface area contributed by atoms with E-state index in [4.69, 9.17) is 0 Å². The molecule has 0 fully saturated rings. The molecule has 0 bridgehead atoms. The van der Waals surface area contributed by atoms with Crippen LogP contribution >= 0.6 is 11.3 Å². The number of hydrogen-bond donors (Lipinski definition) is 1. The van der Waals surface area contributed by atoms with Crippen LogP contribution in [0.15, 0.2) is 29.8 Å². The minimum Gasteiger partial charge on any atom is -0.310 e. The third-order valence-electron chi connectivity index (χ3n) is 2.96. The van der Waals surface area contributed by atoms with Gasteiger partial charge in [-0.15, -0.1) is 11.3 Å². The fourth-order valence-electron chi connectivity index (χ4n) is 2.29. The first-order valence-electron chi connectivity index (χ1n) is 6.39. The molecular formula is C15H20N2S. The van der Waals surface area contributed by atoms with Crippen molar-refractivity contribution in [1.29, 1.82) is 0 Å². The number of nitrogens with zero attached hydrogens (tertiary/aromatic N) is 1. The highest BCUT2D eigenvalue weighted by Gasteiger charge is 2.13. The molecule has 0 saturated heterocycles. The number of benzene rings is 1. The van der Waals surface area contributed by atoms with Gasteiger partial charge in [-0.2, -0.15) is 0 Å². The summed E-state index contributed by atoms with van der Waals surface area (Å²) >= 11 is 1.73. The molecule has 2 rings (SSSR count). The summed E-state index contributed by atoms with van der Waals surface area (Å²) < 4.78 is 0. The van der Waals surface area contributed by atoms with Crippen LogP contribution in [-0.4, -0.2) is 11.5 Å². The Morgan fingerprint density at radius 3 is 2.50 bits per heavy atom. The molecule has 0 amide bonds. The van der Waals surface area contributed by atoms with Crippen molar-refractivity contribution in [3.63, 3.8) is 0 Å². The molecule has 0 spiro atoms. The van der Waals surface area contributed by atoms with Gasteiger partial charge in [0.1, 0.15) is 0 Å². The molecule has 0 saturated carbocycles. The van der Waals surface area contributed by atoms with Gasteiger partial charge >= 0.3 is 0 Å². The third kappa shape index (κ3) is 3.40. The van der Waals surface area contributed by atoms with Crippen LogP contribution in [0.3, 0.4) is 0 Å². The Bertz CT molecular complexity index is 471. The highest BCUT2D eigenvalue weighted by Crippen LogP contribution is 2.22. The minimum atomic E-state index is 0.361. The van der Waals surface area contributed by atoms with Gasteiger partial charge in [0.15, 0.2) is 0 Å². The molecule has 1 heterocycles. The Hall–Kier alpha value is -1.19. The molecular weight excluding hydrogens is 240 g/mol. The maximum Gasteiger partial charge on any atom is 0.0943 e. The molecule has 2 nitrogen and oxygen atoms in total. The zero-order valence-corrected chi connectivity index (χ0v) is 12.1. The van der Waals surface area contributed by atoms with E-state index in [2.05, 4.69) is 49.3 Å². The van der Waals surface area contributed by atoms with Crippen molar-refractivity contribution < 1.29 is 0 Å².